The van der Waals surface area contributed by atoms with E-state index in [0.29, 0.717) is 4.88 Å². The van der Waals surface area contributed by atoms with Crippen molar-refractivity contribution in [2.75, 3.05) is 5.32 Å². The Balaban J connectivity index is 1.64. The molecule has 0 aliphatic rings. The van der Waals surface area contributed by atoms with Gasteiger partial charge in [-0.2, -0.15) is 0 Å². The lowest BCUT2D eigenvalue weighted by Gasteiger charge is -2.03. The van der Waals surface area contributed by atoms with Crippen LogP contribution >= 0.6 is 11.3 Å². The number of hydrogen-bond acceptors (Lipinski definition) is 4. The molecule has 23 heavy (non-hydrogen) atoms. The van der Waals surface area contributed by atoms with E-state index < -0.39 is 0 Å². The van der Waals surface area contributed by atoms with Gasteiger partial charge in [0.1, 0.15) is 5.82 Å². The van der Waals surface area contributed by atoms with Crippen molar-refractivity contribution in [3.05, 3.63) is 65.1 Å². The van der Waals surface area contributed by atoms with Crippen LogP contribution in [-0.2, 0) is 0 Å². The van der Waals surface area contributed by atoms with E-state index in [0.717, 1.165) is 28.1 Å². The highest BCUT2D eigenvalue weighted by atomic mass is 32.1. The van der Waals surface area contributed by atoms with Crippen LogP contribution in [0.3, 0.4) is 0 Å². The van der Waals surface area contributed by atoms with Gasteiger partial charge in [-0.3, -0.25) is 9.78 Å². The third-order valence-electron chi connectivity index (χ3n) is 3.44. The SMILES string of the molecule is O=C(Nc1ccc2nc(-c3ccncc3)[nH]c2c1)c1cccs1. The number of nitrogens with one attached hydrogen (secondary N) is 2. The predicted molar refractivity (Wildman–Crippen MR) is 91.6 cm³/mol. The Labute approximate surface area is 136 Å². The summed E-state index contributed by atoms with van der Waals surface area (Å²) in [5.41, 5.74) is 3.44. The highest BCUT2D eigenvalue weighted by molar-refractivity contribution is 7.12. The molecule has 2 N–H and O–H groups in total. The van der Waals surface area contributed by atoms with E-state index in [1.54, 1.807) is 18.5 Å². The summed E-state index contributed by atoms with van der Waals surface area (Å²) < 4.78 is 0. The largest absolute Gasteiger partial charge is 0.338 e. The first-order valence-corrected chi connectivity index (χ1v) is 7.92. The van der Waals surface area contributed by atoms with E-state index in [4.69, 9.17) is 0 Å². The van der Waals surface area contributed by atoms with Gasteiger partial charge in [-0.05, 0) is 41.8 Å². The van der Waals surface area contributed by atoms with Gasteiger partial charge >= 0.3 is 0 Å². The summed E-state index contributed by atoms with van der Waals surface area (Å²) in [6.45, 7) is 0. The van der Waals surface area contributed by atoms with Crippen molar-refractivity contribution in [1.29, 1.82) is 0 Å². The summed E-state index contributed by atoms with van der Waals surface area (Å²) in [4.78, 5) is 24.6. The maximum Gasteiger partial charge on any atom is 0.265 e. The molecule has 0 saturated carbocycles. The first-order chi connectivity index (χ1) is 11.3. The van der Waals surface area contributed by atoms with Gasteiger partial charge in [0, 0.05) is 23.6 Å². The Morgan fingerprint density at radius 2 is 2.00 bits per heavy atom. The van der Waals surface area contributed by atoms with Crippen LogP contribution in [0.15, 0.2) is 60.2 Å². The number of H-pyrrole nitrogens is 1. The summed E-state index contributed by atoms with van der Waals surface area (Å²) >= 11 is 1.42. The molecule has 5 nitrogen and oxygen atoms in total. The second kappa shape index (κ2) is 5.66. The molecule has 0 unspecified atom stereocenters. The van der Waals surface area contributed by atoms with Crippen molar-refractivity contribution in [3.63, 3.8) is 0 Å². The predicted octanol–water partition coefficient (Wildman–Crippen LogP) is 3.94. The fourth-order valence-electron chi connectivity index (χ4n) is 2.33. The number of aromatic amines is 1. The van der Waals surface area contributed by atoms with Gasteiger partial charge in [0.05, 0.1) is 15.9 Å². The number of rotatable bonds is 3. The average molecular weight is 320 g/mol. The van der Waals surface area contributed by atoms with Crippen molar-refractivity contribution < 1.29 is 4.79 Å². The number of fused-ring (bicyclic) bond motifs is 1. The number of anilines is 1. The van der Waals surface area contributed by atoms with E-state index in [1.807, 2.05) is 41.8 Å². The monoisotopic (exact) mass is 320 g/mol. The third-order valence-corrected chi connectivity index (χ3v) is 4.31. The normalized spacial score (nSPS) is 10.8. The number of benzene rings is 1. The molecule has 0 fully saturated rings. The summed E-state index contributed by atoms with van der Waals surface area (Å²) in [7, 11) is 0. The summed E-state index contributed by atoms with van der Waals surface area (Å²) in [6, 6.07) is 13.1. The lowest BCUT2D eigenvalue weighted by Crippen LogP contribution is -2.09. The summed E-state index contributed by atoms with van der Waals surface area (Å²) in [6.07, 6.45) is 3.46. The van der Waals surface area contributed by atoms with Crippen LogP contribution in [-0.4, -0.2) is 20.9 Å². The van der Waals surface area contributed by atoms with Crippen molar-refractivity contribution in [2.24, 2.45) is 0 Å². The molecule has 0 bridgehead atoms. The van der Waals surface area contributed by atoms with Crippen LogP contribution in [0.2, 0.25) is 0 Å². The molecule has 3 heterocycles. The van der Waals surface area contributed by atoms with Gasteiger partial charge in [-0.15, -0.1) is 11.3 Å². The number of hydrogen-bond donors (Lipinski definition) is 2. The molecule has 1 amide bonds. The fourth-order valence-corrected chi connectivity index (χ4v) is 2.95. The zero-order chi connectivity index (χ0) is 15.6. The van der Waals surface area contributed by atoms with Crippen molar-refractivity contribution in [1.82, 2.24) is 15.0 Å². The molecular formula is C17H12N4OS. The van der Waals surface area contributed by atoms with E-state index in [2.05, 4.69) is 20.3 Å². The molecule has 112 valence electrons. The number of nitrogens with zero attached hydrogens (tertiary/aromatic N) is 2. The van der Waals surface area contributed by atoms with Crippen LogP contribution in [0.25, 0.3) is 22.4 Å². The Morgan fingerprint density at radius 1 is 1.13 bits per heavy atom. The van der Waals surface area contributed by atoms with E-state index in [-0.39, 0.29) is 5.91 Å². The zero-order valence-corrected chi connectivity index (χ0v) is 12.8. The molecule has 6 heteroatoms. The van der Waals surface area contributed by atoms with Crippen molar-refractivity contribution in [2.45, 2.75) is 0 Å². The van der Waals surface area contributed by atoms with E-state index in [1.165, 1.54) is 11.3 Å². The maximum absolute atomic E-state index is 12.1. The standard InChI is InChI=1S/C17H12N4OS/c22-17(15-2-1-9-23-15)19-12-3-4-13-14(10-12)21-16(20-13)11-5-7-18-8-6-11/h1-10H,(H,19,22)(H,20,21). The highest BCUT2D eigenvalue weighted by Gasteiger charge is 2.09. The molecular weight excluding hydrogens is 308 g/mol. The van der Waals surface area contributed by atoms with Crippen LogP contribution in [0.5, 0.6) is 0 Å². The molecule has 4 aromatic rings. The second-order valence-corrected chi connectivity index (χ2v) is 5.93. The number of thiophene rings is 1. The minimum absolute atomic E-state index is 0.103. The minimum Gasteiger partial charge on any atom is -0.338 e. The van der Waals surface area contributed by atoms with Crippen molar-refractivity contribution in [3.8, 4) is 11.4 Å². The van der Waals surface area contributed by atoms with E-state index in [9.17, 15) is 4.79 Å². The van der Waals surface area contributed by atoms with Crippen LogP contribution in [0, 0.1) is 0 Å². The van der Waals surface area contributed by atoms with Gasteiger partial charge in [0.25, 0.3) is 5.91 Å². The molecule has 3 aromatic heterocycles. The van der Waals surface area contributed by atoms with Crippen molar-refractivity contribution >= 4 is 34.0 Å². The molecule has 0 atom stereocenters. The number of imidazole rings is 1. The Hall–Kier alpha value is -2.99. The number of pyridine rings is 1. The molecule has 0 aliphatic carbocycles. The third kappa shape index (κ3) is 2.72. The van der Waals surface area contributed by atoms with Crippen LogP contribution in [0.4, 0.5) is 5.69 Å². The Morgan fingerprint density at radius 3 is 2.78 bits per heavy atom. The first-order valence-electron chi connectivity index (χ1n) is 7.04. The van der Waals surface area contributed by atoms with Gasteiger partial charge < -0.3 is 10.3 Å². The fraction of sp³-hybridized carbons (Fsp3) is 0. The highest BCUT2D eigenvalue weighted by Crippen LogP contribution is 2.23. The quantitative estimate of drug-likeness (QED) is 0.600. The molecule has 0 aliphatic heterocycles. The topological polar surface area (TPSA) is 70.7 Å². The molecule has 1 aromatic carbocycles. The van der Waals surface area contributed by atoms with Gasteiger partial charge in [0.15, 0.2) is 0 Å². The molecule has 0 spiro atoms. The Kier molecular flexibility index (Phi) is 3.36. The van der Waals surface area contributed by atoms with Gasteiger partial charge in [-0.1, -0.05) is 6.07 Å². The molecule has 4 rings (SSSR count). The van der Waals surface area contributed by atoms with Gasteiger partial charge in [-0.25, -0.2) is 4.98 Å². The Bertz CT molecular complexity index is 961. The summed E-state index contributed by atoms with van der Waals surface area (Å²) in [5.74, 6) is 0.678. The summed E-state index contributed by atoms with van der Waals surface area (Å²) in [5, 5.41) is 4.78. The smallest absolute Gasteiger partial charge is 0.265 e. The molecule has 0 radical (unpaired) electrons. The first kappa shape index (κ1) is 13.7. The number of carbonyl (C=O) groups is 1. The number of aromatic nitrogens is 3. The van der Waals surface area contributed by atoms with Crippen LogP contribution in [0.1, 0.15) is 9.67 Å². The number of carbonyl (C=O) groups excluding carboxylic acids is 1. The molecule has 0 saturated heterocycles. The van der Waals surface area contributed by atoms with Gasteiger partial charge in [0.2, 0.25) is 0 Å². The minimum atomic E-state index is -0.103. The second-order valence-electron chi connectivity index (χ2n) is 4.98. The van der Waals surface area contributed by atoms with Crippen LogP contribution < -0.4 is 5.32 Å². The maximum atomic E-state index is 12.1. The van der Waals surface area contributed by atoms with E-state index >= 15 is 0 Å². The lowest BCUT2D eigenvalue weighted by molar-refractivity contribution is 0.103. The average Bonchev–Trinajstić information content (AvgIpc) is 3.25. The number of amides is 1. The zero-order valence-electron chi connectivity index (χ0n) is 12.0. The lowest BCUT2D eigenvalue weighted by atomic mass is 10.2.